The second-order valence-corrected chi connectivity index (χ2v) is 6.38. The molecule has 2 N–H and O–H groups in total. The summed E-state index contributed by atoms with van der Waals surface area (Å²) in [5, 5.41) is 0. The number of nitrogens with zero attached hydrogens (tertiary/aromatic N) is 2. The molecule has 1 aromatic carbocycles. The lowest BCUT2D eigenvalue weighted by Crippen LogP contribution is -2.50. The quantitative estimate of drug-likeness (QED) is 0.912. The Morgan fingerprint density at radius 3 is 2.95 bits per heavy atom. The van der Waals surface area contributed by atoms with Crippen molar-refractivity contribution in [1.82, 2.24) is 9.80 Å². The van der Waals surface area contributed by atoms with E-state index in [-0.39, 0.29) is 6.04 Å². The third kappa shape index (κ3) is 3.05. The minimum atomic E-state index is 0.179. The first kappa shape index (κ1) is 14.1. The molecule has 1 aromatic rings. The average molecular weight is 273 g/mol. The highest BCUT2D eigenvalue weighted by Gasteiger charge is 2.30. The van der Waals surface area contributed by atoms with E-state index >= 15 is 0 Å². The Balaban J connectivity index is 1.51. The van der Waals surface area contributed by atoms with E-state index in [4.69, 9.17) is 5.73 Å². The second kappa shape index (κ2) is 6.25. The van der Waals surface area contributed by atoms with E-state index in [1.54, 1.807) is 0 Å². The first-order valence-electron chi connectivity index (χ1n) is 8.01. The zero-order valence-electron chi connectivity index (χ0n) is 12.6. The molecule has 0 bridgehead atoms. The third-order valence-electron chi connectivity index (χ3n) is 5.02. The molecule has 0 saturated carbocycles. The molecule has 0 radical (unpaired) electrons. The van der Waals surface area contributed by atoms with Crippen molar-refractivity contribution in [1.29, 1.82) is 0 Å². The summed E-state index contributed by atoms with van der Waals surface area (Å²) in [6.07, 6.45) is 3.85. The molecular formula is C17H27N3. The third-order valence-corrected chi connectivity index (χ3v) is 5.02. The van der Waals surface area contributed by atoms with Gasteiger partial charge in [-0.15, -0.1) is 0 Å². The predicted octanol–water partition coefficient (Wildman–Crippen LogP) is 2.16. The van der Waals surface area contributed by atoms with Crippen LogP contribution in [0.1, 0.15) is 36.4 Å². The van der Waals surface area contributed by atoms with Gasteiger partial charge in [-0.05, 0) is 43.9 Å². The van der Waals surface area contributed by atoms with Gasteiger partial charge in [0.25, 0.3) is 0 Å². The summed E-state index contributed by atoms with van der Waals surface area (Å²) in [5.41, 5.74) is 9.01. The molecule has 2 saturated heterocycles. The van der Waals surface area contributed by atoms with Crippen LogP contribution in [0.2, 0.25) is 0 Å². The van der Waals surface area contributed by atoms with Crippen molar-refractivity contribution in [2.75, 3.05) is 32.7 Å². The van der Waals surface area contributed by atoms with Crippen LogP contribution in [-0.4, -0.2) is 48.6 Å². The predicted molar refractivity (Wildman–Crippen MR) is 83.8 cm³/mol. The highest BCUT2D eigenvalue weighted by molar-refractivity contribution is 5.28. The summed E-state index contributed by atoms with van der Waals surface area (Å²) in [6.45, 7) is 8.34. The van der Waals surface area contributed by atoms with Crippen molar-refractivity contribution in [2.45, 2.75) is 38.3 Å². The van der Waals surface area contributed by atoms with Gasteiger partial charge < -0.3 is 10.6 Å². The monoisotopic (exact) mass is 273 g/mol. The van der Waals surface area contributed by atoms with Crippen molar-refractivity contribution in [2.24, 2.45) is 5.73 Å². The lowest BCUT2D eigenvalue weighted by atomic mass is 9.99. The van der Waals surface area contributed by atoms with Crippen LogP contribution < -0.4 is 5.73 Å². The Kier molecular flexibility index (Phi) is 4.39. The molecule has 2 aliphatic heterocycles. The van der Waals surface area contributed by atoms with Gasteiger partial charge >= 0.3 is 0 Å². The first-order chi connectivity index (χ1) is 9.74. The van der Waals surface area contributed by atoms with Crippen LogP contribution in [-0.2, 0) is 0 Å². The first-order valence-corrected chi connectivity index (χ1v) is 8.01. The zero-order valence-corrected chi connectivity index (χ0v) is 12.6. The fourth-order valence-electron chi connectivity index (χ4n) is 3.74. The number of piperazine rings is 1. The Labute approximate surface area is 122 Å². The van der Waals surface area contributed by atoms with Crippen LogP contribution in [0.5, 0.6) is 0 Å². The molecule has 0 amide bonds. The maximum absolute atomic E-state index is 6.38. The summed E-state index contributed by atoms with van der Waals surface area (Å²) in [6, 6.07) is 9.52. The highest BCUT2D eigenvalue weighted by atomic mass is 15.3. The fraction of sp³-hybridized carbons (Fsp3) is 0.647. The Morgan fingerprint density at radius 1 is 1.25 bits per heavy atom. The van der Waals surface area contributed by atoms with E-state index in [0.717, 1.165) is 19.0 Å². The van der Waals surface area contributed by atoms with Crippen molar-refractivity contribution in [3.05, 3.63) is 35.4 Å². The van der Waals surface area contributed by atoms with E-state index in [0.29, 0.717) is 0 Å². The molecular weight excluding hydrogens is 246 g/mol. The van der Waals surface area contributed by atoms with Crippen molar-refractivity contribution >= 4 is 0 Å². The molecule has 3 heteroatoms. The summed E-state index contributed by atoms with van der Waals surface area (Å²) >= 11 is 0. The highest BCUT2D eigenvalue weighted by Crippen LogP contribution is 2.23. The Morgan fingerprint density at radius 2 is 2.10 bits per heavy atom. The number of benzene rings is 1. The van der Waals surface area contributed by atoms with Gasteiger partial charge in [0, 0.05) is 38.3 Å². The van der Waals surface area contributed by atoms with Gasteiger partial charge in [-0.2, -0.15) is 0 Å². The molecule has 3 nitrogen and oxygen atoms in total. The van der Waals surface area contributed by atoms with Gasteiger partial charge in [0.2, 0.25) is 0 Å². The van der Waals surface area contributed by atoms with Gasteiger partial charge in [0.05, 0.1) is 0 Å². The number of hydrogen-bond donors (Lipinski definition) is 1. The number of rotatable bonds is 4. The number of hydrogen-bond acceptors (Lipinski definition) is 3. The van der Waals surface area contributed by atoms with Gasteiger partial charge in [0.1, 0.15) is 0 Å². The number of fused-ring (bicyclic) bond motifs is 1. The van der Waals surface area contributed by atoms with Crippen molar-refractivity contribution < 1.29 is 0 Å². The van der Waals surface area contributed by atoms with E-state index < -0.39 is 0 Å². The van der Waals surface area contributed by atoms with E-state index in [2.05, 4.69) is 41.0 Å². The molecule has 0 aliphatic carbocycles. The van der Waals surface area contributed by atoms with Crippen molar-refractivity contribution in [3.8, 4) is 0 Å². The molecule has 0 spiro atoms. The van der Waals surface area contributed by atoms with Gasteiger partial charge in [-0.3, -0.25) is 4.90 Å². The van der Waals surface area contributed by atoms with Gasteiger partial charge in [-0.1, -0.05) is 24.3 Å². The number of nitrogens with two attached hydrogens (primary N) is 1. The largest absolute Gasteiger partial charge is 0.324 e. The average Bonchev–Trinajstić information content (AvgIpc) is 2.92. The van der Waals surface area contributed by atoms with Crippen LogP contribution in [0.25, 0.3) is 0 Å². The molecule has 2 aliphatic rings. The fourth-order valence-corrected chi connectivity index (χ4v) is 3.74. The van der Waals surface area contributed by atoms with Crippen LogP contribution >= 0.6 is 0 Å². The molecule has 110 valence electrons. The smallest absolute Gasteiger partial charge is 0.0309 e. The molecule has 2 heterocycles. The minimum absolute atomic E-state index is 0.179. The van der Waals surface area contributed by atoms with Crippen molar-refractivity contribution in [3.63, 3.8) is 0 Å². The minimum Gasteiger partial charge on any atom is -0.324 e. The Hall–Kier alpha value is -0.900. The van der Waals surface area contributed by atoms with Crippen LogP contribution in [0.4, 0.5) is 0 Å². The lowest BCUT2D eigenvalue weighted by Gasteiger charge is -2.37. The summed E-state index contributed by atoms with van der Waals surface area (Å²) in [7, 11) is 0. The standard InChI is InChI=1S/C17H27N3/c1-14-5-2-3-7-16(14)17(18)8-10-19-11-12-20-9-4-6-15(20)13-19/h2-3,5,7,15,17H,4,6,8-13,18H2,1H3. The van der Waals surface area contributed by atoms with Gasteiger partial charge in [0.15, 0.2) is 0 Å². The molecule has 2 fully saturated rings. The van der Waals surface area contributed by atoms with Crippen LogP contribution in [0, 0.1) is 6.92 Å². The lowest BCUT2D eigenvalue weighted by molar-refractivity contribution is 0.102. The van der Waals surface area contributed by atoms with Crippen LogP contribution in [0.3, 0.4) is 0 Å². The topological polar surface area (TPSA) is 32.5 Å². The molecule has 2 atom stereocenters. The summed E-state index contributed by atoms with van der Waals surface area (Å²) in [5.74, 6) is 0. The van der Waals surface area contributed by atoms with E-state index in [1.807, 2.05) is 0 Å². The maximum Gasteiger partial charge on any atom is 0.0309 e. The molecule has 0 aromatic heterocycles. The molecule has 20 heavy (non-hydrogen) atoms. The van der Waals surface area contributed by atoms with E-state index in [1.165, 1.54) is 50.1 Å². The summed E-state index contributed by atoms with van der Waals surface area (Å²) in [4.78, 5) is 5.28. The van der Waals surface area contributed by atoms with E-state index in [9.17, 15) is 0 Å². The second-order valence-electron chi connectivity index (χ2n) is 6.38. The zero-order chi connectivity index (χ0) is 13.9. The maximum atomic E-state index is 6.38. The number of aryl methyl sites for hydroxylation is 1. The van der Waals surface area contributed by atoms with Crippen LogP contribution in [0.15, 0.2) is 24.3 Å². The normalized spacial score (nSPS) is 25.6. The SMILES string of the molecule is Cc1ccccc1C(N)CCN1CCN2CCCC2C1. The summed E-state index contributed by atoms with van der Waals surface area (Å²) < 4.78 is 0. The van der Waals surface area contributed by atoms with Gasteiger partial charge in [-0.25, -0.2) is 0 Å². The molecule has 3 rings (SSSR count). The molecule has 2 unspecified atom stereocenters. The Bertz CT molecular complexity index is 446.